The van der Waals surface area contributed by atoms with E-state index in [4.69, 9.17) is 15.4 Å². The Hall–Kier alpha value is -2.80. The van der Waals surface area contributed by atoms with E-state index in [2.05, 4.69) is 20.3 Å². The van der Waals surface area contributed by atoms with Crippen molar-refractivity contribution in [1.82, 2.24) is 9.97 Å². The van der Waals surface area contributed by atoms with Gasteiger partial charge < -0.3 is 15.4 Å². The minimum Gasteiger partial charge on any atom is -0.399 e. The van der Waals surface area contributed by atoms with Crippen molar-refractivity contribution < 1.29 is 9.68 Å². The molecule has 0 saturated carbocycles. The number of aromatic nitrogens is 2. The van der Waals surface area contributed by atoms with Crippen LogP contribution in [-0.4, -0.2) is 41.7 Å². The highest BCUT2D eigenvalue weighted by Gasteiger charge is 2.04. The molecule has 7 nitrogen and oxygen atoms in total. The Balaban J connectivity index is 1.84. The number of aryl methyl sites for hydroxylation is 1. The molecule has 0 aliphatic rings. The molecule has 0 aliphatic heterocycles. The van der Waals surface area contributed by atoms with Gasteiger partial charge in [0, 0.05) is 18.4 Å². The third-order valence-electron chi connectivity index (χ3n) is 3.40. The van der Waals surface area contributed by atoms with Crippen LogP contribution in [0.4, 0.5) is 0 Å². The maximum atomic E-state index is 5.70. The van der Waals surface area contributed by atoms with E-state index < -0.39 is 0 Å². The lowest BCUT2D eigenvalue weighted by Crippen LogP contribution is -2.17. The first kappa shape index (κ1) is 18.5. The molecule has 0 unspecified atom stereocenters. The molecule has 25 heavy (non-hydrogen) atoms. The molecule has 2 N–H and O–H groups in total. The first-order valence-corrected chi connectivity index (χ1v) is 8.09. The van der Waals surface area contributed by atoms with Crippen LogP contribution in [0.3, 0.4) is 0 Å². The van der Waals surface area contributed by atoms with E-state index >= 15 is 0 Å². The van der Waals surface area contributed by atoms with Gasteiger partial charge in [-0.25, -0.2) is 0 Å². The molecular formula is C18H23N5O2. The third kappa shape index (κ3) is 5.96. The average molecular weight is 341 g/mol. The highest BCUT2D eigenvalue weighted by molar-refractivity contribution is 5.99. The zero-order valence-corrected chi connectivity index (χ0v) is 14.6. The molecule has 2 rings (SSSR count). The predicted octanol–water partition coefficient (Wildman–Crippen LogP) is 2.16. The Bertz CT molecular complexity index is 716. The fraction of sp³-hybridized carbons (Fsp3) is 0.333. The van der Waals surface area contributed by atoms with Crippen molar-refractivity contribution in [3.05, 3.63) is 59.7 Å². The summed E-state index contributed by atoms with van der Waals surface area (Å²) in [7, 11) is 1.52. The van der Waals surface area contributed by atoms with Crippen molar-refractivity contribution >= 4 is 11.4 Å². The van der Waals surface area contributed by atoms with Crippen LogP contribution in [0.1, 0.15) is 30.4 Å². The Morgan fingerprint density at radius 3 is 2.68 bits per heavy atom. The van der Waals surface area contributed by atoms with Gasteiger partial charge in [0.25, 0.3) is 0 Å². The SMILES string of the molecule is CO/N=C(\C)c1cccc(CCCO/N=C(/CN)c2ccccn2)n1. The normalized spacial score (nSPS) is 12.1. The van der Waals surface area contributed by atoms with Crippen molar-refractivity contribution in [2.75, 3.05) is 20.3 Å². The Labute approximate surface area is 147 Å². The third-order valence-corrected chi connectivity index (χ3v) is 3.40. The number of nitrogens with zero attached hydrogens (tertiary/aromatic N) is 4. The van der Waals surface area contributed by atoms with Gasteiger partial charge in [-0.1, -0.05) is 22.4 Å². The number of pyridine rings is 2. The van der Waals surface area contributed by atoms with Gasteiger partial charge in [-0.3, -0.25) is 9.97 Å². The van der Waals surface area contributed by atoms with Crippen LogP contribution >= 0.6 is 0 Å². The zero-order valence-electron chi connectivity index (χ0n) is 14.6. The molecule has 0 bridgehead atoms. The molecular weight excluding hydrogens is 318 g/mol. The van der Waals surface area contributed by atoms with Crippen LogP contribution in [0.25, 0.3) is 0 Å². The second-order valence-electron chi connectivity index (χ2n) is 5.27. The highest BCUT2D eigenvalue weighted by atomic mass is 16.6. The molecule has 132 valence electrons. The van der Waals surface area contributed by atoms with E-state index in [1.807, 2.05) is 43.3 Å². The summed E-state index contributed by atoms with van der Waals surface area (Å²) in [6.07, 6.45) is 3.28. The number of rotatable bonds is 9. The molecule has 0 aliphatic carbocycles. The van der Waals surface area contributed by atoms with Crippen molar-refractivity contribution in [2.24, 2.45) is 16.0 Å². The molecule has 0 radical (unpaired) electrons. The van der Waals surface area contributed by atoms with E-state index in [1.165, 1.54) is 7.11 Å². The van der Waals surface area contributed by atoms with Gasteiger partial charge in [-0.2, -0.15) is 0 Å². The standard InChI is InChI=1S/C18H23N5O2/c1-14(22-24-2)16-10-5-7-15(21-16)8-6-12-25-23-18(13-19)17-9-3-4-11-20-17/h3-5,7,9-11H,6,8,12-13,19H2,1-2H3/b22-14+,23-18-. The van der Waals surface area contributed by atoms with Crippen LogP contribution in [0, 0.1) is 0 Å². The van der Waals surface area contributed by atoms with Crippen molar-refractivity contribution in [2.45, 2.75) is 19.8 Å². The topological polar surface area (TPSA) is 95.0 Å². The largest absolute Gasteiger partial charge is 0.399 e. The van der Waals surface area contributed by atoms with Crippen molar-refractivity contribution in [1.29, 1.82) is 0 Å². The van der Waals surface area contributed by atoms with Crippen molar-refractivity contribution in [3.8, 4) is 0 Å². The second kappa shape index (κ2) is 10.1. The maximum Gasteiger partial charge on any atom is 0.119 e. The molecule has 2 heterocycles. The smallest absolute Gasteiger partial charge is 0.119 e. The Morgan fingerprint density at radius 1 is 1.12 bits per heavy atom. The van der Waals surface area contributed by atoms with Crippen LogP contribution in [0.2, 0.25) is 0 Å². The summed E-state index contributed by atoms with van der Waals surface area (Å²) in [6.45, 7) is 2.62. The summed E-state index contributed by atoms with van der Waals surface area (Å²) in [5, 5.41) is 7.98. The fourth-order valence-corrected chi connectivity index (χ4v) is 2.17. The lowest BCUT2D eigenvalue weighted by atomic mass is 10.2. The molecule has 0 atom stereocenters. The van der Waals surface area contributed by atoms with Gasteiger partial charge in [0.15, 0.2) is 0 Å². The number of hydrogen-bond donors (Lipinski definition) is 1. The van der Waals surface area contributed by atoms with Gasteiger partial charge in [0.2, 0.25) is 0 Å². The summed E-state index contributed by atoms with van der Waals surface area (Å²) in [5.74, 6) is 0. The number of nitrogens with two attached hydrogens (primary N) is 1. The summed E-state index contributed by atoms with van der Waals surface area (Å²) < 4.78 is 0. The fourth-order valence-electron chi connectivity index (χ4n) is 2.17. The van der Waals surface area contributed by atoms with E-state index in [0.717, 1.165) is 35.6 Å². The minimum atomic E-state index is 0.277. The average Bonchev–Trinajstić information content (AvgIpc) is 2.66. The number of oxime groups is 2. The summed E-state index contributed by atoms with van der Waals surface area (Å²) in [4.78, 5) is 18.9. The Kier molecular flexibility index (Phi) is 7.52. The number of hydrogen-bond acceptors (Lipinski definition) is 7. The van der Waals surface area contributed by atoms with Crippen molar-refractivity contribution in [3.63, 3.8) is 0 Å². The monoisotopic (exact) mass is 341 g/mol. The second-order valence-corrected chi connectivity index (χ2v) is 5.27. The summed E-state index contributed by atoms with van der Waals surface area (Å²) in [6, 6.07) is 11.4. The van der Waals surface area contributed by atoms with E-state index in [9.17, 15) is 0 Å². The summed E-state index contributed by atoms with van der Waals surface area (Å²) in [5.41, 5.74) is 9.58. The van der Waals surface area contributed by atoms with Gasteiger partial charge >= 0.3 is 0 Å². The molecule has 2 aromatic heterocycles. The minimum absolute atomic E-state index is 0.277. The molecule has 0 aromatic carbocycles. The van der Waals surface area contributed by atoms with Crippen LogP contribution in [0.15, 0.2) is 52.9 Å². The van der Waals surface area contributed by atoms with Crippen LogP contribution in [0.5, 0.6) is 0 Å². The Morgan fingerprint density at radius 2 is 1.96 bits per heavy atom. The van der Waals surface area contributed by atoms with Crippen LogP contribution < -0.4 is 5.73 Å². The van der Waals surface area contributed by atoms with Gasteiger partial charge in [-0.15, -0.1) is 0 Å². The van der Waals surface area contributed by atoms with E-state index in [0.29, 0.717) is 12.3 Å². The first-order chi connectivity index (χ1) is 12.2. The zero-order chi connectivity index (χ0) is 17.9. The molecule has 0 spiro atoms. The lowest BCUT2D eigenvalue weighted by Gasteiger charge is -2.05. The molecule has 7 heteroatoms. The summed E-state index contributed by atoms with van der Waals surface area (Å²) >= 11 is 0. The maximum absolute atomic E-state index is 5.70. The van der Waals surface area contributed by atoms with Gasteiger partial charge in [-0.05, 0) is 44.0 Å². The first-order valence-electron chi connectivity index (χ1n) is 8.09. The molecule has 0 fully saturated rings. The lowest BCUT2D eigenvalue weighted by molar-refractivity contribution is 0.141. The predicted molar refractivity (Wildman–Crippen MR) is 97.6 cm³/mol. The van der Waals surface area contributed by atoms with E-state index in [-0.39, 0.29) is 6.54 Å². The molecule has 2 aromatic rings. The van der Waals surface area contributed by atoms with Gasteiger partial charge in [0.05, 0.1) is 11.4 Å². The molecule has 0 amide bonds. The quantitative estimate of drug-likeness (QED) is 0.428. The van der Waals surface area contributed by atoms with E-state index in [1.54, 1.807) is 6.20 Å². The molecule has 0 saturated heterocycles. The van der Waals surface area contributed by atoms with Crippen LogP contribution in [-0.2, 0) is 16.1 Å². The van der Waals surface area contributed by atoms with Gasteiger partial charge in [0.1, 0.15) is 25.1 Å². The highest BCUT2D eigenvalue weighted by Crippen LogP contribution is 2.05.